The van der Waals surface area contributed by atoms with Gasteiger partial charge in [-0.05, 0) is 53.4 Å². The number of hydrogen-bond donors (Lipinski definition) is 3. The zero-order valence-electron chi connectivity index (χ0n) is 11.2. The van der Waals surface area contributed by atoms with Crippen molar-refractivity contribution in [2.75, 3.05) is 18.5 Å². The van der Waals surface area contributed by atoms with Crippen molar-refractivity contribution < 1.29 is 14.7 Å². The maximum Gasteiger partial charge on any atom is 0.313 e. The quantitative estimate of drug-likeness (QED) is 0.728. The Bertz CT molecular complexity index is 541. The number of amides is 2. The average molecular weight is 341 g/mol. The summed E-state index contributed by atoms with van der Waals surface area (Å²) >= 11 is 3.34. The van der Waals surface area contributed by atoms with E-state index < -0.39 is 11.8 Å². The Kier molecular flexibility index (Phi) is 4.45. The molecule has 1 aliphatic carbocycles. The highest BCUT2D eigenvalue weighted by atomic mass is 79.9. The Labute approximate surface area is 125 Å². The Morgan fingerprint density at radius 1 is 1.35 bits per heavy atom. The third-order valence-corrected chi connectivity index (χ3v) is 4.15. The van der Waals surface area contributed by atoms with Gasteiger partial charge in [0.25, 0.3) is 0 Å². The van der Waals surface area contributed by atoms with E-state index in [4.69, 9.17) is 5.11 Å². The standard InChI is InChI=1S/C14H17BrN2O3/c1-9-2-3-11(10(15)6-9)17-13(20)12(19)16-7-14(8-18)4-5-14/h2-3,6,18H,4-5,7-8H2,1H3,(H,16,19)(H,17,20). The van der Waals surface area contributed by atoms with Gasteiger partial charge in [0.2, 0.25) is 0 Å². The highest BCUT2D eigenvalue weighted by Crippen LogP contribution is 2.44. The molecule has 0 radical (unpaired) electrons. The van der Waals surface area contributed by atoms with E-state index in [1.165, 1.54) is 0 Å². The lowest BCUT2D eigenvalue weighted by Gasteiger charge is -2.13. The maximum absolute atomic E-state index is 11.8. The number of anilines is 1. The van der Waals surface area contributed by atoms with E-state index in [1.807, 2.05) is 19.1 Å². The molecule has 3 N–H and O–H groups in total. The molecule has 0 atom stereocenters. The molecule has 0 aliphatic heterocycles. The smallest absolute Gasteiger partial charge is 0.313 e. The molecular weight excluding hydrogens is 324 g/mol. The van der Waals surface area contributed by atoms with Gasteiger partial charge in [-0.3, -0.25) is 9.59 Å². The summed E-state index contributed by atoms with van der Waals surface area (Å²) < 4.78 is 0.729. The van der Waals surface area contributed by atoms with Gasteiger partial charge in [0.15, 0.2) is 0 Å². The van der Waals surface area contributed by atoms with Crippen molar-refractivity contribution in [3.63, 3.8) is 0 Å². The second-order valence-corrected chi connectivity index (χ2v) is 6.13. The molecule has 1 aromatic rings. The average Bonchev–Trinajstić information content (AvgIpc) is 3.20. The van der Waals surface area contributed by atoms with Gasteiger partial charge in [0.1, 0.15) is 0 Å². The van der Waals surface area contributed by atoms with Crippen LogP contribution in [0.25, 0.3) is 0 Å². The van der Waals surface area contributed by atoms with E-state index in [0.717, 1.165) is 22.9 Å². The van der Waals surface area contributed by atoms with Crippen molar-refractivity contribution in [2.45, 2.75) is 19.8 Å². The van der Waals surface area contributed by atoms with E-state index in [-0.39, 0.29) is 12.0 Å². The summed E-state index contributed by atoms with van der Waals surface area (Å²) in [5.74, 6) is -1.39. The highest BCUT2D eigenvalue weighted by Gasteiger charge is 2.42. The van der Waals surface area contributed by atoms with Gasteiger partial charge in [-0.1, -0.05) is 6.07 Å². The van der Waals surface area contributed by atoms with Crippen molar-refractivity contribution in [2.24, 2.45) is 5.41 Å². The van der Waals surface area contributed by atoms with Crippen LogP contribution in [0.15, 0.2) is 22.7 Å². The van der Waals surface area contributed by atoms with Crippen LogP contribution >= 0.6 is 15.9 Å². The number of nitrogens with one attached hydrogen (secondary N) is 2. The van der Waals surface area contributed by atoms with Crippen LogP contribution in [0.4, 0.5) is 5.69 Å². The number of halogens is 1. The van der Waals surface area contributed by atoms with Crippen molar-refractivity contribution in [1.82, 2.24) is 5.32 Å². The summed E-state index contributed by atoms with van der Waals surface area (Å²) in [5, 5.41) is 14.3. The number of hydrogen-bond acceptors (Lipinski definition) is 3. The van der Waals surface area contributed by atoms with Crippen LogP contribution in [-0.4, -0.2) is 30.1 Å². The molecule has 1 aliphatic rings. The minimum absolute atomic E-state index is 0.0401. The normalized spacial score (nSPS) is 15.6. The van der Waals surface area contributed by atoms with Gasteiger partial charge in [0.05, 0.1) is 12.3 Å². The first kappa shape index (κ1) is 15.0. The third-order valence-electron chi connectivity index (χ3n) is 3.50. The lowest BCUT2D eigenvalue weighted by atomic mass is 10.1. The molecule has 1 saturated carbocycles. The topological polar surface area (TPSA) is 78.4 Å². The Balaban J connectivity index is 1.89. The fraction of sp³-hybridized carbons (Fsp3) is 0.429. The van der Waals surface area contributed by atoms with E-state index >= 15 is 0 Å². The minimum atomic E-state index is -0.705. The first-order chi connectivity index (χ1) is 9.46. The van der Waals surface area contributed by atoms with Gasteiger partial charge >= 0.3 is 11.8 Å². The van der Waals surface area contributed by atoms with Crippen LogP contribution < -0.4 is 10.6 Å². The predicted molar refractivity (Wildman–Crippen MR) is 79.3 cm³/mol. The highest BCUT2D eigenvalue weighted by molar-refractivity contribution is 9.10. The third kappa shape index (κ3) is 3.58. The zero-order chi connectivity index (χ0) is 14.8. The van der Waals surface area contributed by atoms with Crippen LogP contribution in [0, 0.1) is 12.3 Å². The molecule has 5 nitrogen and oxygen atoms in total. The molecule has 0 saturated heterocycles. The Morgan fingerprint density at radius 3 is 2.60 bits per heavy atom. The Hall–Kier alpha value is -1.40. The van der Waals surface area contributed by atoms with E-state index in [2.05, 4.69) is 26.6 Å². The first-order valence-electron chi connectivity index (χ1n) is 6.42. The van der Waals surface area contributed by atoms with Gasteiger partial charge < -0.3 is 15.7 Å². The van der Waals surface area contributed by atoms with Crippen LogP contribution in [0.5, 0.6) is 0 Å². The van der Waals surface area contributed by atoms with Crippen molar-refractivity contribution in [3.8, 4) is 0 Å². The van der Waals surface area contributed by atoms with Gasteiger partial charge in [-0.25, -0.2) is 0 Å². The second kappa shape index (κ2) is 5.93. The number of carbonyl (C=O) groups is 2. The fourth-order valence-corrected chi connectivity index (χ4v) is 2.41. The van der Waals surface area contributed by atoms with Crippen LogP contribution in [0.3, 0.4) is 0 Å². The molecule has 1 fully saturated rings. The lowest BCUT2D eigenvalue weighted by molar-refractivity contribution is -0.136. The maximum atomic E-state index is 11.8. The summed E-state index contributed by atoms with van der Waals surface area (Å²) in [7, 11) is 0. The number of aryl methyl sites for hydroxylation is 1. The van der Waals surface area contributed by atoms with Crippen molar-refractivity contribution in [1.29, 1.82) is 0 Å². The summed E-state index contributed by atoms with van der Waals surface area (Å²) in [4.78, 5) is 23.5. The van der Waals surface area contributed by atoms with Crippen LogP contribution in [0.2, 0.25) is 0 Å². The molecule has 0 aromatic heterocycles. The predicted octanol–water partition coefficient (Wildman–Crippen LogP) is 1.58. The molecule has 0 bridgehead atoms. The number of rotatable bonds is 4. The molecule has 6 heteroatoms. The molecule has 0 unspecified atom stereocenters. The molecule has 2 amide bonds. The zero-order valence-corrected chi connectivity index (χ0v) is 12.8. The molecule has 20 heavy (non-hydrogen) atoms. The van der Waals surface area contributed by atoms with Crippen molar-refractivity contribution >= 4 is 33.4 Å². The van der Waals surface area contributed by atoms with Gasteiger partial charge in [-0.15, -0.1) is 0 Å². The van der Waals surface area contributed by atoms with E-state index in [1.54, 1.807) is 6.07 Å². The summed E-state index contributed by atoms with van der Waals surface area (Å²) in [6, 6.07) is 5.45. The van der Waals surface area contributed by atoms with E-state index in [0.29, 0.717) is 12.2 Å². The van der Waals surface area contributed by atoms with Crippen LogP contribution in [-0.2, 0) is 9.59 Å². The fourth-order valence-electron chi connectivity index (χ4n) is 1.82. The molecule has 0 heterocycles. The van der Waals surface area contributed by atoms with Gasteiger partial charge in [0, 0.05) is 16.4 Å². The molecule has 108 valence electrons. The summed E-state index contributed by atoms with van der Waals surface area (Å²) in [5.41, 5.74) is 1.40. The summed E-state index contributed by atoms with van der Waals surface area (Å²) in [6.07, 6.45) is 1.77. The second-order valence-electron chi connectivity index (χ2n) is 5.28. The monoisotopic (exact) mass is 340 g/mol. The molecule has 0 spiro atoms. The largest absolute Gasteiger partial charge is 0.396 e. The molecule has 1 aromatic carbocycles. The number of aliphatic hydroxyl groups excluding tert-OH is 1. The summed E-state index contributed by atoms with van der Waals surface area (Å²) in [6.45, 7) is 2.32. The van der Waals surface area contributed by atoms with Crippen LogP contribution in [0.1, 0.15) is 18.4 Å². The van der Waals surface area contributed by atoms with E-state index in [9.17, 15) is 9.59 Å². The molecule has 2 rings (SSSR count). The minimum Gasteiger partial charge on any atom is -0.396 e. The number of benzene rings is 1. The van der Waals surface area contributed by atoms with Crippen molar-refractivity contribution in [3.05, 3.63) is 28.2 Å². The SMILES string of the molecule is Cc1ccc(NC(=O)C(=O)NCC2(CO)CC2)c(Br)c1. The Morgan fingerprint density at radius 2 is 2.05 bits per heavy atom. The number of carbonyl (C=O) groups excluding carboxylic acids is 2. The first-order valence-corrected chi connectivity index (χ1v) is 7.21. The lowest BCUT2D eigenvalue weighted by Crippen LogP contribution is -2.39. The van der Waals surface area contributed by atoms with Gasteiger partial charge in [-0.2, -0.15) is 0 Å². The molecular formula is C14H17BrN2O3. The number of aliphatic hydroxyl groups is 1.